The minimum Gasteiger partial charge on any atom is -0.444 e. The highest BCUT2D eigenvalue weighted by Gasteiger charge is 2.19. The summed E-state index contributed by atoms with van der Waals surface area (Å²) in [7, 11) is 0. The van der Waals surface area contributed by atoms with Crippen LogP contribution in [0.1, 0.15) is 40.4 Å². The van der Waals surface area contributed by atoms with E-state index >= 15 is 0 Å². The van der Waals surface area contributed by atoms with E-state index in [1.165, 1.54) is 0 Å². The van der Waals surface area contributed by atoms with Gasteiger partial charge in [0.25, 0.3) is 0 Å². The molecule has 1 amide bonds. The standard InChI is InChI=1S/C20H26N4O2/c1-13(2)12-24-17(11-22-19(25)26-20(3,4)5)23-16-10-21-15-9-7-6-8-14(15)18(16)24/h6-10,13H,11-12H2,1-5H3,(H,22,25). The van der Waals surface area contributed by atoms with Crippen LogP contribution in [-0.2, 0) is 17.8 Å². The van der Waals surface area contributed by atoms with Crippen LogP contribution in [-0.4, -0.2) is 26.2 Å². The lowest BCUT2D eigenvalue weighted by atomic mass is 10.1. The summed E-state index contributed by atoms with van der Waals surface area (Å²) in [6.45, 7) is 11.0. The van der Waals surface area contributed by atoms with Gasteiger partial charge in [0.05, 0.1) is 23.8 Å². The fourth-order valence-electron chi connectivity index (χ4n) is 2.97. The Balaban J connectivity index is 1.99. The van der Waals surface area contributed by atoms with Gasteiger partial charge in [0.1, 0.15) is 16.9 Å². The first-order valence-corrected chi connectivity index (χ1v) is 8.94. The zero-order valence-corrected chi connectivity index (χ0v) is 16.0. The van der Waals surface area contributed by atoms with Crippen molar-refractivity contribution in [3.63, 3.8) is 0 Å². The summed E-state index contributed by atoms with van der Waals surface area (Å²) >= 11 is 0. The third-order valence-electron chi connectivity index (χ3n) is 3.90. The number of imidazole rings is 1. The molecule has 0 unspecified atom stereocenters. The van der Waals surface area contributed by atoms with E-state index in [0.29, 0.717) is 12.5 Å². The summed E-state index contributed by atoms with van der Waals surface area (Å²) in [5.74, 6) is 1.25. The smallest absolute Gasteiger partial charge is 0.408 e. The fourth-order valence-corrected chi connectivity index (χ4v) is 2.97. The molecule has 0 spiro atoms. The first kappa shape index (κ1) is 18.2. The molecule has 0 aliphatic rings. The number of amides is 1. The normalized spacial score (nSPS) is 12.1. The monoisotopic (exact) mass is 354 g/mol. The number of alkyl carbamates (subject to hydrolysis) is 1. The van der Waals surface area contributed by atoms with Crippen molar-refractivity contribution in [3.05, 3.63) is 36.3 Å². The van der Waals surface area contributed by atoms with E-state index < -0.39 is 11.7 Å². The lowest BCUT2D eigenvalue weighted by Gasteiger charge is -2.20. The van der Waals surface area contributed by atoms with Crippen molar-refractivity contribution in [2.45, 2.75) is 53.3 Å². The summed E-state index contributed by atoms with van der Waals surface area (Å²) in [4.78, 5) is 21.2. The van der Waals surface area contributed by atoms with Gasteiger partial charge in [-0.2, -0.15) is 0 Å². The molecule has 0 aliphatic carbocycles. The van der Waals surface area contributed by atoms with Gasteiger partial charge in [-0.3, -0.25) is 4.98 Å². The number of fused-ring (bicyclic) bond motifs is 3. The maximum Gasteiger partial charge on any atom is 0.408 e. The van der Waals surface area contributed by atoms with Crippen LogP contribution in [0.25, 0.3) is 21.9 Å². The zero-order valence-electron chi connectivity index (χ0n) is 16.0. The van der Waals surface area contributed by atoms with Crippen molar-refractivity contribution in [1.82, 2.24) is 19.9 Å². The molecule has 0 radical (unpaired) electrons. The molecule has 2 aromatic heterocycles. The van der Waals surface area contributed by atoms with Gasteiger partial charge >= 0.3 is 6.09 Å². The van der Waals surface area contributed by atoms with Crippen molar-refractivity contribution in [3.8, 4) is 0 Å². The Kier molecular flexibility index (Phi) is 4.85. The molecule has 6 nitrogen and oxygen atoms in total. The number of carbonyl (C=O) groups is 1. The van der Waals surface area contributed by atoms with Crippen LogP contribution in [0, 0.1) is 5.92 Å². The SMILES string of the molecule is CC(C)Cn1c(CNC(=O)OC(C)(C)C)nc2cnc3ccccc3c21. The minimum atomic E-state index is -0.526. The predicted molar refractivity (Wildman–Crippen MR) is 103 cm³/mol. The van der Waals surface area contributed by atoms with Gasteiger partial charge in [-0.15, -0.1) is 0 Å². The van der Waals surface area contributed by atoms with Crippen LogP contribution in [0.15, 0.2) is 30.5 Å². The molecule has 1 aromatic carbocycles. The molecule has 3 aromatic rings. The van der Waals surface area contributed by atoms with Crippen LogP contribution >= 0.6 is 0 Å². The van der Waals surface area contributed by atoms with Crippen molar-refractivity contribution >= 4 is 28.0 Å². The summed E-state index contributed by atoms with van der Waals surface area (Å²) < 4.78 is 7.51. The molecule has 0 saturated carbocycles. The molecular formula is C20H26N4O2. The molecule has 2 heterocycles. The molecule has 138 valence electrons. The minimum absolute atomic E-state index is 0.310. The number of rotatable bonds is 4. The van der Waals surface area contributed by atoms with E-state index in [4.69, 9.17) is 9.72 Å². The van der Waals surface area contributed by atoms with E-state index in [1.807, 2.05) is 39.0 Å². The number of hydrogen-bond acceptors (Lipinski definition) is 4. The van der Waals surface area contributed by atoms with Crippen molar-refractivity contribution in [2.75, 3.05) is 0 Å². The van der Waals surface area contributed by atoms with Gasteiger partial charge in [-0.25, -0.2) is 9.78 Å². The largest absolute Gasteiger partial charge is 0.444 e. The van der Waals surface area contributed by atoms with Crippen LogP contribution in [0.4, 0.5) is 4.79 Å². The summed E-state index contributed by atoms with van der Waals surface area (Å²) in [6.07, 6.45) is 1.36. The van der Waals surface area contributed by atoms with Gasteiger partial charge in [0.2, 0.25) is 0 Å². The Labute approximate surface area is 153 Å². The van der Waals surface area contributed by atoms with Gasteiger partial charge in [0.15, 0.2) is 0 Å². The Morgan fingerprint density at radius 2 is 1.96 bits per heavy atom. The van der Waals surface area contributed by atoms with E-state index in [0.717, 1.165) is 34.3 Å². The average molecular weight is 354 g/mol. The zero-order chi connectivity index (χ0) is 18.9. The molecule has 0 saturated heterocycles. The Bertz CT molecular complexity index is 938. The molecule has 3 rings (SSSR count). The van der Waals surface area contributed by atoms with E-state index in [2.05, 4.69) is 34.8 Å². The van der Waals surface area contributed by atoms with Crippen LogP contribution in [0.2, 0.25) is 0 Å². The van der Waals surface area contributed by atoms with Crippen LogP contribution in [0.3, 0.4) is 0 Å². The van der Waals surface area contributed by atoms with Crippen LogP contribution < -0.4 is 5.32 Å². The van der Waals surface area contributed by atoms with Crippen molar-refractivity contribution in [2.24, 2.45) is 5.92 Å². The second-order valence-electron chi connectivity index (χ2n) is 7.90. The second-order valence-corrected chi connectivity index (χ2v) is 7.90. The van der Waals surface area contributed by atoms with E-state index in [-0.39, 0.29) is 0 Å². The van der Waals surface area contributed by atoms with Gasteiger partial charge in [-0.1, -0.05) is 32.0 Å². The Morgan fingerprint density at radius 1 is 1.23 bits per heavy atom. The van der Waals surface area contributed by atoms with Gasteiger partial charge < -0.3 is 14.6 Å². The quantitative estimate of drug-likeness (QED) is 0.760. The third-order valence-corrected chi connectivity index (χ3v) is 3.90. The first-order chi connectivity index (χ1) is 12.2. The highest BCUT2D eigenvalue weighted by molar-refractivity contribution is 6.02. The molecule has 0 fully saturated rings. The van der Waals surface area contributed by atoms with Gasteiger partial charge in [-0.05, 0) is 32.8 Å². The number of hydrogen-bond donors (Lipinski definition) is 1. The number of aromatic nitrogens is 3. The average Bonchev–Trinajstić information content (AvgIpc) is 2.89. The molecule has 0 aliphatic heterocycles. The van der Waals surface area contributed by atoms with E-state index in [1.54, 1.807) is 6.20 Å². The summed E-state index contributed by atoms with van der Waals surface area (Å²) in [5.41, 5.74) is 2.31. The first-order valence-electron chi connectivity index (χ1n) is 8.94. The topological polar surface area (TPSA) is 69.0 Å². The molecule has 0 atom stereocenters. The number of benzene rings is 1. The molecule has 0 bridgehead atoms. The van der Waals surface area contributed by atoms with Crippen molar-refractivity contribution < 1.29 is 9.53 Å². The van der Waals surface area contributed by atoms with Crippen LogP contribution in [0.5, 0.6) is 0 Å². The molecular weight excluding hydrogens is 328 g/mol. The number of carbonyl (C=O) groups excluding carboxylic acids is 1. The molecule has 6 heteroatoms. The lowest BCUT2D eigenvalue weighted by Crippen LogP contribution is -2.32. The Hall–Kier alpha value is -2.63. The molecule has 1 N–H and O–H groups in total. The number of para-hydroxylation sites is 1. The maximum atomic E-state index is 12.0. The summed E-state index contributed by atoms with van der Waals surface area (Å²) in [5, 5.41) is 3.88. The predicted octanol–water partition coefficient (Wildman–Crippen LogP) is 4.27. The molecule has 26 heavy (non-hydrogen) atoms. The second kappa shape index (κ2) is 6.94. The number of nitrogens with one attached hydrogen (secondary N) is 1. The van der Waals surface area contributed by atoms with Gasteiger partial charge in [0, 0.05) is 11.9 Å². The number of nitrogens with zero attached hydrogens (tertiary/aromatic N) is 3. The highest BCUT2D eigenvalue weighted by atomic mass is 16.6. The van der Waals surface area contributed by atoms with Crippen molar-refractivity contribution in [1.29, 1.82) is 0 Å². The maximum absolute atomic E-state index is 12.0. The Morgan fingerprint density at radius 3 is 2.65 bits per heavy atom. The lowest BCUT2D eigenvalue weighted by molar-refractivity contribution is 0.0521. The number of ether oxygens (including phenoxy) is 1. The summed E-state index contributed by atoms with van der Waals surface area (Å²) in [6, 6.07) is 8.05. The third kappa shape index (κ3) is 3.95. The van der Waals surface area contributed by atoms with E-state index in [9.17, 15) is 4.79 Å². The number of pyridine rings is 1. The highest BCUT2D eigenvalue weighted by Crippen LogP contribution is 2.25. The fraction of sp³-hybridized carbons (Fsp3) is 0.450.